The zero-order valence-corrected chi connectivity index (χ0v) is 8.16. The van der Waals surface area contributed by atoms with Crippen molar-refractivity contribution >= 4 is 5.97 Å². The molecule has 2 rings (SSSR count). The largest absolute Gasteiger partial charge is 0.476 e. The van der Waals surface area contributed by atoms with Crippen molar-refractivity contribution in [3.05, 3.63) is 35.9 Å². The molecule has 0 saturated carbocycles. The number of nitrogens with zero attached hydrogens (tertiary/aromatic N) is 4. The normalized spacial score (nSPS) is 10.5. The minimum Gasteiger partial charge on any atom is -0.476 e. The van der Waals surface area contributed by atoms with Crippen LogP contribution in [0.15, 0.2) is 24.5 Å². The van der Waals surface area contributed by atoms with Crippen molar-refractivity contribution in [3.8, 4) is 0 Å². The molecule has 0 aromatic carbocycles. The van der Waals surface area contributed by atoms with Crippen LogP contribution in [-0.4, -0.2) is 30.6 Å². The molecule has 2 aromatic rings. The summed E-state index contributed by atoms with van der Waals surface area (Å²) in [6, 6.07) is 3.34. The topological polar surface area (TPSA) is 72.9 Å². The summed E-state index contributed by atoms with van der Waals surface area (Å²) in [5.41, 5.74) is 0.850. The molecule has 15 heavy (non-hydrogen) atoms. The van der Waals surface area contributed by atoms with Gasteiger partial charge in [-0.2, -0.15) is 10.2 Å². The Morgan fingerprint density at radius 2 is 2.40 bits per heavy atom. The molecule has 0 aliphatic heterocycles. The van der Waals surface area contributed by atoms with Gasteiger partial charge in [0.15, 0.2) is 5.69 Å². The lowest BCUT2D eigenvalue weighted by atomic mass is 10.4. The first-order valence-electron chi connectivity index (χ1n) is 4.42. The molecule has 0 amide bonds. The maximum absolute atomic E-state index is 10.7. The molecule has 2 aromatic heterocycles. The van der Waals surface area contributed by atoms with E-state index in [0.29, 0.717) is 6.67 Å². The second-order valence-corrected chi connectivity index (χ2v) is 3.16. The molecule has 0 radical (unpaired) electrons. The molecule has 2 heterocycles. The van der Waals surface area contributed by atoms with Crippen LogP contribution < -0.4 is 0 Å². The van der Waals surface area contributed by atoms with Crippen LogP contribution in [0.25, 0.3) is 0 Å². The van der Waals surface area contributed by atoms with Gasteiger partial charge in [0.1, 0.15) is 6.67 Å². The van der Waals surface area contributed by atoms with E-state index >= 15 is 0 Å². The molecule has 0 spiro atoms. The Hall–Kier alpha value is -2.11. The predicted molar refractivity (Wildman–Crippen MR) is 51.5 cm³/mol. The van der Waals surface area contributed by atoms with Crippen molar-refractivity contribution in [3.63, 3.8) is 0 Å². The van der Waals surface area contributed by atoms with Crippen molar-refractivity contribution in [1.82, 2.24) is 19.6 Å². The molecule has 0 bridgehead atoms. The van der Waals surface area contributed by atoms with E-state index in [1.165, 1.54) is 6.07 Å². The fourth-order valence-electron chi connectivity index (χ4n) is 1.28. The van der Waals surface area contributed by atoms with Crippen LogP contribution in [-0.2, 0) is 6.67 Å². The highest BCUT2D eigenvalue weighted by Crippen LogP contribution is 2.03. The average molecular weight is 206 g/mol. The Kier molecular flexibility index (Phi) is 2.24. The molecule has 0 atom stereocenters. The monoisotopic (exact) mass is 206 g/mol. The van der Waals surface area contributed by atoms with Crippen LogP contribution in [0.5, 0.6) is 0 Å². The number of hydrogen-bond donors (Lipinski definition) is 1. The summed E-state index contributed by atoms with van der Waals surface area (Å²) in [6.45, 7) is 2.23. The van der Waals surface area contributed by atoms with E-state index in [2.05, 4.69) is 10.2 Å². The molecule has 0 unspecified atom stereocenters. The van der Waals surface area contributed by atoms with E-state index in [1.807, 2.05) is 6.92 Å². The summed E-state index contributed by atoms with van der Waals surface area (Å²) in [5, 5.41) is 16.7. The van der Waals surface area contributed by atoms with Gasteiger partial charge in [-0.25, -0.2) is 9.48 Å². The molecule has 0 aliphatic carbocycles. The third-order valence-corrected chi connectivity index (χ3v) is 2.04. The number of aromatic carboxylic acids is 1. The summed E-state index contributed by atoms with van der Waals surface area (Å²) in [6.07, 6.45) is 3.46. The second-order valence-electron chi connectivity index (χ2n) is 3.16. The molecule has 1 N–H and O–H groups in total. The zero-order chi connectivity index (χ0) is 10.8. The minimum absolute atomic E-state index is 0.0552. The highest BCUT2D eigenvalue weighted by atomic mass is 16.4. The van der Waals surface area contributed by atoms with E-state index < -0.39 is 5.97 Å². The highest BCUT2D eigenvalue weighted by Gasteiger charge is 2.10. The van der Waals surface area contributed by atoms with E-state index in [1.54, 1.807) is 27.8 Å². The lowest BCUT2D eigenvalue weighted by Gasteiger charge is -2.03. The number of rotatable bonds is 3. The van der Waals surface area contributed by atoms with E-state index in [0.717, 1.165) is 5.69 Å². The minimum atomic E-state index is -1.02. The first-order chi connectivity index (χ1) is 7.16. The molecule has 78 valence electrons. The molecule has 0 fully saturated rings. The van der Waals surface area contributed by atoms with Crippen LogP contribution in [0.3, 0.4) is 0 Å². The van der Waals surface area contributed by atoms with Gasteiger partial charge in [-0.3, -0.25) is 4.68 Å². The summed E-state index contributed by atoms with van der Waals surface area (Å²) >= 11 is 0. The van der Waals surface area contributed by atoms with Crippen LogP contribution in [0.4, 0.5) is 0 Å². The van der Waals surface area contributed by atoms with Crippen molar-refractivity contribution in [2.45, 2.75) is 13.6 Å². The van der Waals surface area contributed by atoms with Gasteiger partial charge in [-0.15, -0.1) is 0 Å². The maximum atomic E-state index is 10.7. The third kappa shape index (κ3) is 1.88. The number of hydrogen-bond acceptors (Lipinski definition) is 3. The first-order valence-corrected chi connectivity index (χ1v) is 4.42. The van der Waals surface area contributed by atoms with Gasteiger partial charge in [0.05, 0.1) is 0 Å². The number of carboxylic acids is 1. The number of carboxylic acid groups (broad SMARTS) is 1. The standard InChI is InChI=1S/C9H10N4O2/c1-7-5-8(9(14)15)11-13(7)6-12-4-2-3-10-12/h2-5H,6H2,1H3,(H,14,15). The molecule has 6 nitrogen and oxygen atoms in total. The van der Waals surface area contributed by atoms with E-state index in [9.17, 15) is 4.79 Å². The third-order valence-electron chi connectivity index (χ3n) is 2.04. The predicted octanol–water partition coefficient (Wildman–Crippen LogP) is 0.592. The Morgan fingerprint density at radius 3 is 2.93 bits per heavy atom. The van der Waals surface area contributed by atoms with Crippen LogP contribution in [0, 0.1) is 6.92 Å². The molecule has 0 saturated heterocycles. The molecular formula is C9H10N4O2. The van der Waals surface area contributed by atoms with Crippen molar-refractivity contribution in [1.29, 1.82) is 0 Å². The van der Waals surface area contributed by atoms with Gasteiger partial charge in [0, 0.05) is 18.1 Å². The Balaban J connectivity index is 2.25. The molecular weight excluding hydrogens is 196 g/mol. The van der Waals surface area contributed by atoms with Crippen LogP contribution in [0.2, 0.25) is 0 Å². The first kappa shape index (κ1) is 9.45. The fraction of sp³-hybridized carbons (Fsp3) is 0.222. The summed E-state index contributed by atoms with van der Waals surface area (Å²) in [7, 11) is 0. The van der Waals surface area contributed by atoms with Gasteiger partial charge in [0.2, 0.25) is 0 Å². The zero-order valence-electron chi connectivity index (χ0n) is 8.16. The van der Waals surface area contributed by atoms with Gasteiger partial charge in [-0.05, 0) is 19.1 Å². The molecule has 0 aliphatic rings. The van der Waals surface area contributed by atoms with Crippen molar-refractivity contribution in [2.75, 3.05) is 0 Å². The highest BCUT2D eigenvalue weighted by molar-refractivity contribution is 5.85. The average Bonchev–Trinajstić information content (AvgIpc) is 2.77. The van der Waals surface area contributed by atoms with Gasteiger partial charge >= 0.3 is 5.97 Å². The number of carbonyl (C=O) groups is 1. The van der Waals surface area contributed by atoms with Crippen molar-refractivity contribution < 1.29 is 9.90 Å². The van der Waals surface area contributed by atoms with E-state index in [-0.39, 0.29) is 5.69 Å². The Bertz CT molecular complexity index is 472. The summed E-state index contributed by atoms with van der Waals surface area (Å²) in [5.74, 6) is -1.02. The van der Waals surface area contributed by atoms with Crippen LogP contribution in [0.1, 0.15) is 16.2 Å². The van der Waals surface area contributed by atoms with Gasteiger partial charge in [-0.1, -0.05) is 0 Å². The molecule has 6 heteroatoms. The number of aryl methyl sites for hydroxylation is 1. The summed E-state index contributed by atoms with van der Waals surface area (Å²) in [4.78, 5) is 10.7. The van der Waals surface area contributed by atoms with Gasteiger partial charge < -0.3 is 5.11 Å². The lowest BCUT2D eigenvalue weighted by molar-refractivity contribution is 0.0689. The second kappa shape index (κ2) is 3.56. The SMILES string of the molecule is Cc1cc(C(=O)O)nn1Cn1cccn1. The number of aromatic nitrogens is 4. The van der Waals surface area contributed by atoms with Gasteiger partial charge in [0.25, 0.3) is 0 Å². The lowest BCUT2D eigenvalue weighted by Crippen LogP contribution is -2.12. The maximum Gasteiger partial charge on any atom is 0.356 e. The van der Waals surface area contributed by atoms with Crippen molar-refractivity contribution in [2.24, 2.45) is 0 Å². The Morgan fingerprint density at radius 1 is 1.60 bits per heavy atom. The Labute approximate surface area is 85.8 Å². The quantitative estimate of drug-likeness (QED) is 0.797. The smallest absolute Gasteiger partial charge is 0.356 e. The van der Waals surface area contributed by atoms with Crippen LogP contribution >= 0.6 is 0 Å². The fourth-order valence-corrected chi connectivity index (χ4v) is 1.28. The van der Waals surface area contributed by atoms with E-state index in [4.69, 9.17) is 5.11 Å². The summed E-state index contributed by atoms with van der Waals surface area (Å²) < 4.78 is 3.27.